The van der Waals surface area contributed by atoms with Gasteiger partial charge >= 0.3 is 0 Å². The van der Waals surface area contributed by atoms with Gasteiger partial charge in [-0.05, 0) is 30.9 Å². The smallest absolute Gasteiger partial charge is 0.137 e. The molecule has 0 aliphatic heterocycles. The van der Waals surface area contributed by atoms with Crippen LogP contribution < -0.4 is 0 Å². The standard InChI is InChI=1S/C15H20O2/c1-5-15(16,10(2)3)13-9-12-8-6-7-11(4)14(12)17-13/h6-10,16H,5H2,1-4H3. The van der Waals surface area contributed by atoms with Gasteiger partial charge in [0.15, 0.2) is 0 Å². The van der Waals surface area contributed by atoms with Gasteiger partial charge in [-0.3, -0.25) is 0 Å². The molecule has 0 bridgehead atoms. The molecule has 2 heteroatoms. The Hall–Kier alpha value is -1.28. The highest BCUT2D eigenvalue weighted by Gasteiger charge is 2.34. The number of hydrogen-bond donors (Lipinski definition) is 1. The van der Waals surface area contributed by atoms with Gasteiger partial charge in [0.05, 0.1) is 0 Å². The SMILES string of the molecule is CCC(O)(c1cc2cccc(C)c2o1)C(C)C. The van der Waals surface area contributed by atoms with Crippen molar-refractivity contribution in [2.24, 2.45) is 5.92 Å². The van der Waals surface area contributed by atoms with Crippen LogP contribution in [0.2, 0.25) is 0 Å². The van der Waals surface area contributed by atoms with Gasteiger partial charge in [0.1, 0.15) is 16.9 Å². The summed E-state index contributed by atoms with van der Waals surface area (Å²) in [4.78, 5) is 0. The molecular formula is C15H20O2. The average Bonchev–Trinajstić information content (AvgIpc) is 2.73. The number of aryl methyl sites for hydroxylation is 1. The van der Waals surface area contributed by atoms with Crippen LogP contribution in [0, 0.1) is 12.8 Å². The molecule has 17 heavy (non-hydrogen) atoms. The van der Waals surface area contributed by atoms with E-state index in [1.165, 1.54) is 0 Å². The molecule has 0 saturated heterocycles. The van der Waals surface area contributed by atoms with Crippen molar-refractivity contribution in [3.63, 3.8) is 0 Å². The molecule has 0 radical (unpaired) electrons. The molecule has 1 heterocycles. The van der Waals surface area contributed by atoms with Gasteiger partial charge < -0.3 is 9.52 Å². The first-order valence-corrected chi connectivity index (χ1v) is 6.21. The first-order chi connectivity index (χ1) is 7.99. The zero-order valence-electron chi connectivity index (χ0n) is 10.9. The Morgan fingerprint density at radius 1 is 1.35 bits per heavy atom. The fourth-order valence-corrected chi connectivity index (χ4v) is 2.29. The molecular weight excluding hydrogens is 212 g/mol. The molecule has 0 amide bonds. The maximum atomic E-state index is 10.7. The Morgan fingerprint density at radius 2 is 2.06 bits per heavy atom. The fraction of sp³-hybridized carbons (Fsp3) is 0.467. The van der Waals surface area contributed by atoms with Crippen LogP contribution in [0.25, 0.3) is 11.0 Å². The summed E-state index contributed by atoms with van der Waals surface area (Å²) in [6.45, 7) is 8.04. The normalized spacial score (nSPS) is 15.4. The van der Waals surface area contributed by atoms with Crippen molar-refractivity contribution in [1.29, 1.82) is 0 Å². The van der Waals surface area contributed by atoms with Crippen LogP contribution in [0.1, 0.15) is 38.5 Å². The van der Waals surface area contributed by atoms with E-state index in [4.69, 9.17) is 4.42 Å². The van der Waals surface area contributed by atoms with Crippen molar-refractivity contribution in [2.75, 3.05) is 0 Å². The average molecular weight is 232 g/mol. The molecule has 0 spiro atoms. The summed E-state index contributed by atoms with van der Waals surface area (Å²) >= 11 is 0. The Morgan fingerprint density at radius 3 is 2.59 bits per heavy atom. The molecule has 2 rings (SSSR count). The van der Waals surface area contributed by atoms with Crippen molar-refractivity contribution in [2.45, 2.75) is 39.7 Å². The molecule has 92 valence electrons. The van der Waals surface area contributed by atoms with E-state index in [9.17, 15) is 5.11 Å². The molecule has 2 nitrogen and oxygen atoms in total. The van der Waals surface area contributed by atoms with Gasteiger partial charge in [0.2, 0.25) is 0 Å². The van der Waals surface area contributed by atoms with Crippen LogP contribution >= 0.6 is 0 Å². The van der Waals surface area contributed by atoms with Crippen molar-refractivity contribution in [3.8, 4) is 0 Å². The van der Waals surface area contributed by atoms with Gasteiger partial charge in [-0.1, -0.05) is 39.0 Å². The Bertz CT molecular complexity index is 525. The van der Waals surface area contributed by atoms with Crippen LogP contribution in [0.4, 0.5) is 0 Å². The van der Waals surface area contributed by atoms with E-state index in [1.807, 2.05) is 52.0 Å². The molecule has 1 unspecified atom stereocenters. The second kappa shape index (κ2) is 4.19. The summed E-state index contributed by atoms with van der Waals surface area (Å²) < 4.78 is 5.87. The van der Waals surface area contributed by atoms with Gasteiger partial charge in [0, 0.05) is 5.39 Å². The number of hydrogen-bond acceptors (Lipinski definition) is 2. The Labute approximate surface area is 102 Å². The van der Waals surface area contributed by atoms with Gasteiger partial charge in [0.25, 0.3) is 0 Å². The number of fused-ring (bicyclic) bond motifs is 1. The lowest BCUT2D eigenvalue weighted by atomic mass is 9.85. The molecule has 0 aliphatic carbocycles. The molecule has 0 saturated carbocycles. The van der Waals surface area contributed by atoms with Crippen LogP contribution in [0.5, 0.6) is 0 Å². The highest BCUT2D eigenvalue weighted by molar-refractivity contribution is 5.81. The second-order valence-corrected chi connectivity index (χ2v) is 5.04. The zero-order valence-corrected chi connectivity index (χ0v) is 10.9. The first-order valence-electron chi connectivity index (χ1n) is 6.21. The van der Waals surface area contributed by atoms with Crippen LogP contribution in [-0.2, 0) is 5.60 Å². The van der Waals surface area contributed by atoms with Crippen LogP contribution in [-0.4, -0.2) is 5.11 Å². The summed E-state index contributed by atoms with van der Waals surface area (Å²) in [6, 6.07) is 8.02. The summed E-state index contributed by atoms with van der Waals surface area (Å²) in [7, 11) is 0. The lowest BCUT2D eigenvalue weighted by Crippen LogP contribution is -2.30. The minimum absolute atomic E-state index is 0.133. The van der Waals surface area contributed by atoms with Crippen LogP contribution in [0.3, 0.4) is 0 Å². The van der Waals surface area contributed by atoms with E-state index in [1.54, 1.807) is 0 Å². The third-order valence-electron chi connectivity index (χ3n) is 3.66. The predicted molar refractivity (Wildman–Crippen MR) is 70.0 cm³/mol. The summed E-state index contributed by atoms with van der Waals surface area (Å²) in [5.74, 6) is 0.813. The molecule has 0 fully saturated rings. The monoisotopic (exact) mass is 232 g/mol. The highest BCUT2D eigenvalue weighted by atomic mass is 16.4. The number of benzene rings is 1. The molecule has 0 aliphatic rings. The topological polar surface area (TPSA) is 33.4 Å². The predicted octanol–water partition coefficient (Wildman–Crippen LogP) is 3.99. The van der Waals surface area contributed by atoms with Crippen molar-refractivity contribution in [3.05, 3.63) is 35.6 Å². The molecule has 1 aromatic heterocycles. The van der Waals surface area contributed by atoms with Gasteiger partial charge in [-0.15, -0.1) is 0 Å². The Kier molecular flexibility index (Phi) is 3.00. The van der Waals surface area contributed by atoms with E-state index in [0.717, 1.165) is 16.5 Å². The lowest BCUT2D eigenvalue weighted by Gasteiger charge is -2.28. The molecule has 1 aromatic carbocycles. The van der Waals surface area contributed by atoms with E-state index in [0.29, 0.717) is 12.2 Å². The summed E-state index contributed by atoms with van der Waals surface area (Å²) in [5, 5.41) is 11.7. The third kappa shape index (κ3) is 1.87. The lowest BCUT2D eigenvalue weighted by molar-refractivity contribution is -0.0318. The quantitative estimate of drug-likeness (QED) is 0.867. The minimum Gasteiger partial charge on any atom is -0.458 e. The Balaban J connectivity index is 2.60. The van der Waals surface area contributed by atoms with Crippen molar-refractivity contribution < 1.29 is 9.52 Å². The van der Waals surface area contributed by atoms with E-state index >= 15 is 0 Å². The zero-order chi connectivity index (χ0) is 12.6. The maximum Gasteiger partial charge on any atom is 0.137 e. The van der Waals surface area contributed by atoms with E-state index in [2.05, 4.69) is 0 Å². The summed E-state index contributed by atoms with van der Waals surface area (Å²) in [5.41, 5.74) is 1.12. The highest BCUT2D eigenvalue weighted by Crippen LogP contribution is 2.36. The van der Waals surface area contributed by atoms with Crippen LogP contribution in [0.15, 0.2) is 28.7 Å². The van der Waals surface area contributed by atoms with Crippen molar-refractivity contribution in [1.82, 2.24) is 0 Å². The molecule has 1 atom stereocenters. The number of rotatable bonds is 3. The van der Waals surface area contributed by atoms with Gasteiger partial charge in [-0.2, -0.15) is 0 Å². The second-order valence-electron chi connectivity index (χ2n) is 5.04. The van der Waals surface area contributed by atoms with Crippen molar-refractivity contribution >= 4 is 11.0 Å². The third-order valence-corrected chi connectivity index (χ3v) is 3.66. The molecule has 2 aromatic rings. The summed E-state index contributed by atoms with van der Waals surface area (Å²) in [6.07, 6.45) is 0.656. The minimum atomic E-state index is -0.870. The molecule has 1 N–H and O–H groups in total. The number of furan rings is 1. The van der Waals surface area contributed by atoms with Gasteiger partial charge in [-0.25, -0.2) is 0 Å². The van der Waals surface area contributed by atoms with E-state index in [-0.39, 0.29) is 5.92 Å². The first kappa shape index (κ1) is 12.2. The van der Waals surface area contributed by atoms with E-state index < -0.39 is 5.60 Å². The maximum absolute atomic E-state index is 10.7. The number of aliphatic hydroxyl groups is 1. The number of para-hydroxylation sites is 1. The fourth-order valence-electron chi connectivity index (χ4n) is 2.29. The largest absolute Gasteiger partial charge is 0.458 e.